The van der Waals surface area contributed by atoms with Gasteiger partial charge in [0.1, 0.15) is 5.75 Å². The van der Waals surface area contributed by atoms with Crippen molar-refractivity contribution in [2.24, 2.45) is 0 Å². The van der Waals surface area contributed by atoms with Crippen LogP contribution in [-0.2, 0) is 14.4 Å². The van der Waals surface area contributed by atoms with Gasteiger partial charge < -0.3 is 25.2 Å². The number of anilines is 1. The second-order valence-electron chi connectivity index (χ2n) is 5.94. The normalized spacial score (nSPS) is 11.4. The highest BCUT2D eigenvalue weighted by Gasteiger charge is 2.20. The zero-order valence-corrected chi connectivity index (χ0v) is 15.9. The van der Waals surface area contributed by atoms with Crippen molar-refractivity contribution in [3.63, 3.8) is 0 Å². The van der Waals surface area contributed by atoms with Crippen LogP contribution < -0.4 is 20.3 Å². The number of amides is 3. The van der Waals surface area contributed by atoms with Crippen LogP contribution in [0.25, 0.3) is 0 Å². The number of ether oxygens (including phenoxy) is 1. The van der Waals surface area contributed by atoms with E-state index in [-0.39, 0.29) is 37.4 Å². The van der Waals surface area contributed by atoms with Gasteiger partial charge in [-0.15, -0.1) is 0 Å². The summed E-state index contributed by atoms with van der Waals surface area (Å²) in [6, 6.07) is 7.00. The minimum atomic E-state index is -0.295. The first kappa shape index (κ1) is 21.4. The van der Waals surface area contributed by atoms with Crippen molar-refractivity contribution in [2.45, 2.75) is 13.8 Å². The van der Waals surface area contributed by atoms with E-state index >= 15 is 0 Å². The van der Waals surface area contributed by atoms with Gasteiger partial charge in [0.2, 0.25) is 5.91 Å². The lowest BCUT2D eigenvalue weighted by Crippen LogP contribution is -3.14. The molecule has 8 nitrogen and oxygen atoms in total. The van der Waals surface area contributed by atoms with Gasteiger partial charge in [0.05, 0.1) is 20.2 Å². The lowest BCUT2D eigenvalue weighted by Gasteiger charge is -2.21. The molecule has 1 unspecified atom stereocenters. The first-order valence-corrected chi connectivity index (χ1v) is 8.67. The van der Waals surface area contributed by atoms with Crippen molar-refractivity contribution in [3.05, 3.63) is 24.3 Å². The molecule has 8 heteroatoms. The Morgan fingerprint density at radius 1 is 1.15 bits per heavy atom. The minimum Gasteiger partial charge on any atom is -0.497 e. The molecule has 1 aromatic rings. The van der Waals surface area contributed by atoms with Gasteiger partial charge in [-0.05, 0) is 26.0 Å². The molecule has 144 valence electrons. The summed E-state index contributed by atoms with van der Waals surface area (Å²) in [6.45, 7) is 5.31. The van der Waals surface area contributed by atoms with E-state index in [1.807, 2.05) is 13.8 Å². The van der Waals surface area contributed by atoms with Crippen LogP contribution in [0.1, 0.15) is 13.8 Å². The van der Waals surface area contributed by atoms with E-state index in [1.165, 1.54) is 4.90 Å². The Labute approximate surface area is 154 Å². The molecule has 26 heavy (non-hydrogen) atoms. The Hall–Kier alpha value is -2.61. The predicted molar refractivity (Wildman–Crippen MR) is 99.2 cm³/mol. The van der Waals surface area contributed by atoms with E-state index in [4.69, 9.17) is 4.74 Å². The highest BCUT2D eigenvalue weighted by atomic mass is 16.5. The van der Waals surface area contributed by atoms with Crippen LogP contribution in [0.3, 0.4) is 0 Å². The third kappa shape index (κ3) is 7.52. The number of hydrogen-bond acceptors (Lipinski definition) is 4. The molecule has 0 aliphatic heterocycles. The second kappa shape index (κ2) is 11.1. The van der Waals surface area contributed by atoms with E-state index < -0.39 is 0 Å². The summed E-state index contributed by atoms with van der Waals surface area (Å²) >= 11 is 0. The fraction of sp³-hybridized carbons (Fsp3) is 0.500. The number of hydrogen-bond donors (Lipinski definition) is 3. The molecule has 0 saturated heterocycles. The maximum atomic E-state index is 12.3. The number of rotatable bonds is 10. The number of methoxy groups -OCH3 is 1. The molecule has 1 aromatic carbocycles. The first-order chi connectivity index (χ1) is 12.4. The number of quaternary nitrogens is 1. The van der Waals surface area contributed by atoms with Crippen molar-refractivity contribution >= 4 is 23.4 Å². The van der Waals surface area contributed by atoms with Crippen LogP contribution in [0.4, 0.5) is 5.69 Å². The molecule has 3 amide bonds. The molecule has 0 spiro atoms. The SMILES string of the molecule is CCNC(=O)C[NH+](CC)CC(=O)N(C)CC(=O)Nc1cccc(OC)c1. The topological polar surface area (TPSA) is 92.2 Å². The molecule has 0 aliphatic carbocycles. The van der Waals surface area contributed by atoms with Gasteiger partial charge in [-0.25, -0.2) is 0 Å². The summed E-state index contributed by atoms with van der Waals surface area (Å²) in [7, 11) is 3.13. The molecular formula is C18H29N4O4+. The Bertz CT molecular complexity index is 621. The van der Waals surface area contributed by atoms with Crippen LogP contribution in [0, 0.1) is 0 Å². The van der Waals surface area contributed by atoms with Crippen molar-refractivity contribution < 1.29 is 24.0 Å². The second-order valence-corrected chi connectivity index (χ2v) is 5.94. The van der Waals surface area contributed by atoms with E-state index in [0.29, 0.717) is 24.5 Å². The van der Waals surface area contributed by atoms with Crippen molar-refractivity contribution in [2.75, 3.05) is 52.2 Å². The van der Waals surface area contributed by atoms with Crippen LogP contribution in [0.15, 0.2) is 24.3 Å². The summed E-state index contributed by atoms with van der Waals surface area (Å²) in [5.74, 6) is 0.0677. The number of carbonyl (C=O) groups excluding carboxylic acids is 3. The Balaban J connectivity index is 2.51. The summed E-state index contributed by atoms with van der Waals surface area (Å²) in [6.07, 6.45) is 0. The largest absolute Gasteiger partial charge is 0.497 e. The predicted octanol–water partition coefficient (Wildman–Crippen LogP) is -0.867. The number of nitrogens with zero attached hydrogens (tertiary/aromatic N) is 1. The van der Waals surface area contributed by atoms with Gasteiger partial charge in [-0.3, -0.25) is 14.4 Å². The average Bonchev–Trinajstić information content (AvgIpc) is 2.61. The maximum absolute atomic E-state index is 12.3. The molecule has 1 rings (SSSR count). The number of nitrogens with one attached hydrogen (secondary N) is 3. The monoisotopic (exact) mass is 365 g/mol. The average molecular weight is 365 g/mol. The van der Waals surface area contributed by atoms with Crippen LogP contribution >= 0.6 is 0 Å². The van der Waals surface area contributed by atoms with Gasteiger partial charge in [-0.1, -0.05) is 6.07 Å². The van der Waals surface area contributed by atoms with Crippen molar-refractivity contribution in [3.8, 4) is 5.75 Å². The third-order valence-corrected chi connectivity index (χ3v) is 3.85. The van der Waals surface area contributed by atoms with E-state index in [1.54, 1.807) is 38.4 Å². The number of benzene rings is 1. The maximum Gasteiger partial charge on any atom is 0.277 e. The molecule has 1 atom stereocenters. The van der Waals surface area contributed by atoms with Crippen LogP contribution in [-0.4, -0.2) is 69.5 Å². The lowest BCUT2D eigenvalue weighted by atomic mass is 10.3. The van der Waals surface area contributed by atoms with Gasteiger partial charge in [0.15, 0.2) is 13.1 Å². The standard InChI is InChI=1S/C18H28N4O4/c1-5-19-16(23)12-22(6-2)13-18(25)21(3)11-17(24)20-14-8-7-9-15(10-14)26-4/h7-10H,5-6,11-13H2,1-4H3,(H,19,23)(H,20,24)/p+1. The van der Waals surface area contributed by atoms with Crippen molar-refractivity contribution in [1.82, 2.24) is 10.2 Å². The highest BCUT2D eigenvalue weighted by molar-refractivity contribution is 5.94. The highest BCUT2D eigenvalue weighted by Crippen LogP contribution is 2.16. The number of carbonyl (C=O) groups is 3. The van der Waals surface area contributed by atoms with Crippen LogP contribution in [0.5, 0.6) is 5.75 Å². The Kier molecular flexibility index (Phi) is 9.14. The quantitative estimate of drug-likeness (QED) is 0.503. The summed E-state index contributed by atoms with van der Waals surface area (Å²) in [4.78, 5) is 38.3. The van der Waals surface area contributed by atoms with E-state index in [2.05, 4.69) is 10.6 Å². The molecule has 0 radical (unpaired) electrons. The summed E-state index contributed by atoms with van der Waals surface area (Å²) in [5.41, 5.74) is 0.604. The Morgan fingerprint density at radius 2 is 1.88 bits per heavy atom. The molecule has 0 saturated carbocycles. The minimum absolute atomic E-state index is 0.0613. The first-order valence-electron chi connectivity index (χ1n) is 8.67. The van der Waals surface area contributed by atoms with Gasteiger partial charge in [0.25, 0.3) is 11.8 Å². The Morgan fingerprint density at radius 3 is 2.50 bits per heavy atom. The van der Waals surface area contributed by atoms with E-state index in [0.717, 1.165) is 4.90 Å². The molecule has 0 aliphatic rings. The lowest BCUT2D eigenvalue weighted by molar-refractivity contribution is -0.882. The van der Waals surface area contributed by atoms with E-state index in [9.17, 15) is 14.4 Å². The zero-order chi connectivity index (χ0) is 19.5. The molecule has 0 aromatic heterocycles. The van der Waals surface area contributed by atoms with Gasteiger partial charge >= 0.3 is 0 Å². The fourth-order valence-corrected chi connectivity index (χ4v) is 2.35. The zero-order valence-electron chi connectivity index (χ0n) is 15.9. The molecular weight excluding hydrogens is 336 g/mol. The molecule has 0 fully saturated rings. The van der Waals surface area contributed by atoms with Gasteiger partial charge in [0, 0.05) is 25.3 Å². The molecule has 0 heterocycles. The summed E-state index contributed by atoms with van der Waals surface area (Å²) < 4.78 is 5.11. The third-order valence-electron chi connectivity index (χ3n) is 3.85. The smallest absolute Gasteiger partial charge is 0.277 e. The van der Waals surface area contributed by atoms with Crippen LogP contribution in [0.2, 0.25) is 0 Å². The van der Waals surface area contributed by atoms with Gasteiger partial charge in [-0.2, -0.15) is 0 Å². The fourth-order valence-electron chi connectivity index (χ4n) is 2.35. The summed E-state index contributed by atoms with van der Waals surface area (Å²) in [5, 5.41) is 5.46. The number of likely N-dealkylation sites (N-methyl/N-ethyl adjacent to an activating group) is 3. The molecule has 0 bridgehead atoms. The molecule has 3 N–H and O–H groups in total. The van der Waals surface area contributed by atoms with Crippen molar-refractivity contribution in [1.29, 1.82) is 0 Å².